The number of ether oxygens (including phenoxy) is 2. The molecule has 6 heteroatoms. The van der Waals surface area contributed by atoms with Crippen molar-refractivity contribution in [2.75, 3.05) is 24.4 Å². The molecule has 0 spiro atoms. The number of anilines is 2. The minimum absolute atomic E-state index is 0.0840. The van der Waals surface area contributed by atoms with Gasteiger partial charge in [-0.25, -0.2) is 0 Å². The first-order chi connectivity index (χ1) is 13.6. The summed E-state index contributed by atoms with van der Waals surface area (Å²) in [6.45, 7) is 2.02. The quantitative estimate of drug-likeness (QED) is 0.725. The highest BCUT2D eigenvalue weighted by atomic mass is 16.5. The van der Waals surface area contributed by atoms with Gasteiger partial charge in [-0.2, -0.15) is 0 Å². The second-order valence-electron chi connectivity index (χ2n) is 6.60. The molecule has 1 N–H and O–H groups in total. The molecular weight excluding hydrogens is 354 g/mol. The fraction of sp³-hybridized carbons (Fsp3) is 0.182. The SMILES string of the molecule is COc1cc(N[C@@H]2c3ncccc3C(=O)N2c2ccc(C)cc2)cc(OC)c1. The molecule has 2 aromatic carbocycles. The van der Waals surface area contributed by atoms with E-state index >= 15 is 0 Å². The summed E-state index contributed by atoms with van der Waals surface area (Å²) in [6.07, 6.45) is 1.26. The van der Waals surface area contributed by atoms with E-state index < -0.39 is 6.17 Å². The minimum atomic E-state index is -0.441. The van der Waals surface area contributed by atoms with Gasteiger partial charge in [-0.1, -0.05) is 17.7 Å². The fourth-order valence-corrected chi connectivity index (χ4v) is 3.34. The van der Waals surface area contributed by atoms with Crippen LogP contribution < -0.4 is 19.7 Å². The van der Waals surface area contributed by atoms with Crippen LogP contribution >= 0.6 is 0 Å². The first kappa shape index (κ1) is 17.9. The molecule has 1 amide bonds. The van der Waals surface area contributed by atoms with Crippen LogP contribution in [0.3, 0.4) is 0 Å². The van der Waals surface area contributed by atoms with Crippen LogP contribution in [-0.2, 0) is 0 Å². The Morgan fingerprint density at radius 1 is 1.00 bits per heavy atom. The smallest absolute Gasteiger partial charge is 0.262 e. The van der Waals surface area contributed by atoms with Gasteiger partial charge in [-0.15, -0.1) is 0 Å². The summed E-state index contributed by atoms with van der Waals surface area (Å²) in [6, 6.07) is 17.0. The van der Waals surface area contributed by atoms with E-state index in [-0.39, 0.29) is 5.91 Å². The molecule has 0 bridgehead atoms. The van der Waals surface area contributed by atoms with Gasteiger partial charge < -0.3 is 14.8 Å². The van der Waals surface area contributed by atoms with Crippen LogP contribution in [-0.4, -0.2) is 25.1 Å². The number of benzene rings is 2. The van der Waals surface area contributed by atoms with E-state index in [4.69, 9.17) is 9.47 Å². The Balaban J connectivity index is 1.77. The van der Waals surface area contributed by atoms with Crippen molar-refractivity contribution < 1.29 is 14.3 Å². The van der Waals surface area contributed by atoms with Gasteiger partial charge in [0, 0.05) is 35.8 Å². The molecule has 0 fully saturated rings. The standard InChI is InChI=1S/C22H21N3O3/c1-14-6-8-16(9-7-14)25-21(20-19(22(25)26)5-4-10-23-20)24-15-11-17(27-2)13-18(12-15)28-3/h4-13,21,24H,1-3H3/t21-/m0/s1. The van der Waals surface area contributed by atoms with E-state index in [1.807, 2.05) is 43.3 Å². The number of fused-ring (bicyclic) bond motifs is 1. The average Bonchev–Trinajstić information content (AvgIpc) is 3.00. The number of nitrogens with one attached hydrogen (secondary N) is 1. The van der Waals surface area contributed by atoms with Crippen LogP contribution in [0.2, 0.25) is 0 Å². The molecule has 1 aromatic heterocycles. The highest BCUT2D eigenvalue weighted by Crippen LogP contribution is 2.38. The number of hydrogen-bond donors (Lipinski definition) is 1. The zero-order valence-corrected chi connectivity index (χ0v) is 16.0. The van der Waals surface area contributed by atoms with Gasteiger partial charge in [0.25, 0.3) is 5.91 Å². The Kier molecular flexibility index (Phi) is 4.61. The van der Waals surface area contributed by atoms with E-state index in [2.05, 4.69) is 10.3 Å². The Morgan fingerprint density at radius 3 is 2.32 bits per heavy atom. The van der Waals surface area contributed by atoms with E-state index in [0.717, 1.165) is 16.9 Å². The molecule has 0 saturated carbocycles. The maximum atomic E-state index is 13.1. The lowest BCUT2D eigenvalue weighted by atomic mass is 10.2. The molecular formula is C22H21N3O3. The van der Waals surface area contributed by atoms with Crippen LogP contribution in [0.25, 0.3) is 0 Å². The number of amides is 1. The van der Waals surface area contributed by atoms with Crippen molar-refractivity contribution in [3.8, 4) is 11.5 Å². The van der Waals surface area contributed by atoms with Crippen molar-refractivity contribution >= 4 is 17.3 Å². The number of carbonyl (C=O) groups excluding carboxylic acids is 1. The monoisotopic (exact) mass is 375 g/mol. The Bertz CT molecular complexity index is 996. The molecule has 1 atom stereocenters. The van der Waals surface area contributed by atoms with Crippen LogP contribution in [0.1, 0.15) is 27.8 Å². The normalized spacial score (nSPS) is 15.3. The predicted molar refractivity (Wildman–Crippen MR) is 108 cm³/mol. The number of aryl methyl sites for hydroxylation is 1. The molecule has 1 aliphatic rings. The molecule has 1 aliphatic heterocycles. The van der Waals surface area contributed by atoms with Crippen LogP contribution in [0, 0.1) is 6.92 Å². The first-order valence-electron chi connectivity index (χ1n) is 8.95. The molecule has 0 saturated heterocycles. The van der Waals surface area contributed by atoms with Crippen LogP contribution in [0.4, 0.5) is 11.4 Å². The summed E-state index contributed by atoms with van der Waals surface area (Å²) in [5, 5.41) is 3.42. The summed E-state index contributed by atoms with van der Waals surface area (Å²) in [5.41, 5.74) is 3.99. The van der Waals surface area contributed by atoms with Crippen molar-refractivity contribution in [2.24, 2.45) is 0 Å². The van der Waals surface area contributed by atoms with Gasteiger partial charge >= 0.3 is 0 Å². The number of hydrogen-bond acceptors (Lipinski definition) is 5. The van der Waals surface area contributed by atoms with Gasteiger partial charge in [0.1, 0.15) is 11.5 Å². The largest absolute Gasteiger partial charge is 0.497 e. The zero-order valence-electron chi connectivity index (χ0n) is 16.0. The van der Waals surface area contributed by atoms with Crippen molar-refractivity contribution in [3.63, 3.8) is 0 Å². The molecule has 142 valence electrons. The molecule has 28 heavy (non-hydrogen) atoms. The topological polar surface area (TPSA) is 63.7 Å². The number of rotatable bonds is 5. The summed E-state index contributed by atoms with van der Waals surface area (Å²) < 4.78 is 10.7. The molecule has 3 aromatic rings. The zero-order chi connectivity index (χ0) is 19.7. The van der Waals surface area contributed by atoms with E-state index in [1.165, 1.54) is 0 Å². The van der Waals surface area contributed by atoms with Crippen molar-refractivity contribution in [1.29, 1.82) is 0 Å². The lowest BCUT2D eigenvalue weighted by Crippen LogP contribution is -2.32. The predicted octanol–water partition coefficient (Wildman–Crippen LogP) is 4.18. The van der Waals surface area contributed by atoms with Crippen molar-refractivity contribution in [1.82, 2.24) is 4.98 Å². The Labute approximate surface area is 163 Å². The van der Waals surface area contributed by atoms with Crippen molar-refractivity contribution in [3.05, 3.63) is 77.6 Å². The lowest BCUT2D eigenvalue weighted by Gasteiger charge is -2.27. The molecule has 0 radical (unpaired) electrons. The second-order valence-corrected chi connectivity index (χ2v) is 6.60. The maximum Gasteiger partial charge on any atom is 0.262 e. The molecule has 6 nitrogen and oxygen atoms in total. The molecule has 0 aliphatic carbocycles. The third kappa shape index (κ3) is 3.13. The molecule has 2 heterocycles. The van der Waals surface area contributed by atoms with Gasteiger partial charge in [-0.05, 0) is 31.2 Å². The third-order valence-corrected chi connectivity index (χ3v) is 4.77. The number of nitrogens with zero attached hydrogens (tertiary/aromatic N) is 2. The van der Waals surface area contributed by atoms with E-state index in [0.29, 0.717) is 22.8 Å². The highest BCUT2D eigenvalue weighted by molar-refractivity contribution is 6.11. The van der Waals surface area contributed by atoms with Crippen molar-refractivity contribution in [2.45, 2.75) is 13.1 Å². The van der Waals surface area contributed by atoms with Crippen LogP contribution in [0.5, 0.6) is 11.5 Å². The first-order valence-corrected chi connectivity index (χ1v) is 8.95. The van der Waals surface area contributed by atoms with Gasteiger partial charge in [-0.3, -0.25) is 14.7 Å². The number of aromatic nitrogens is 1. The minimum Gasteiger partial charge on any atom is -0.497 e. The van der Waals surface area contributed by atoms with E-state index in [9.17, 15) is 4.79 Å². The lowest BCUT2D eigenvalue weighted by molar-refractivity contribution is 0.0993. The maximum absolute atomic E-state index is 13.1. The van der Waals surface area contributed by atoms with Gasteiger partial charge in [0.2, 0.25) is 0 Å². The number of pyridine rings is 1. The van der Waals surface area contributed by atoms with Crippen LogP contribution in [0.15, 0.2) is 60.8 Å². The summed E-state index contributed by atoms with van der Waals surface area (Å²) in [4.78, 5) is 19.3. The van der Waals surface area contributed by atoms with Gasteiger partial charge in [0.05, 0.1) is 25.5 Å². The molecule has 0 unspecified atom stereocenters. The highest BCUT2D eigenvalue weighted by Gasteiger charge is 2.39. The summed E-state index contributed by atoms with van der Waals surface area (Å²) in [5.74, 6) is 1.24. The average molecular weight is 375 g/mol. The summed E-state index contributed by atoms with van der Waals surface area (Å²) in [7, 11) is 3.21. The Hall–Kier alpha value is -3.54. The summed E-state index contributed by atoms with van der Waals surface area (Å²) >= 11 is 0. The Morgan fingerprint density at radius 2 is 1.68 bits per heavy atom. The van der Waals surface area contributed by atoms with Gasteiger partial charge in [0.15, 0.2) is 6.17 Å². The third-order valence-electron chi connectivity index (χ3n) is 4.77. The number of carbonyl (C=O) groups is 1. The fourth-order valence-electron chi connectivity index (χ4n) is 3.34. The van der Waals surface area contributed by atoms with E-state index in [1.54, 1.807) is 43.5 Å². The molecule has 4 rings (SSSR count). The number of methoxy groups -OCH3 is 2. The second kappa shape index (κ2) is 7.23.